The Morgan fingerprint density at radius 3 is 2.73 bits per heavy atom. The molecule has 26 heavy (non-hydrogen) atoms. The first-order valence-electron chi connectivity index (χ1n) is 7.98. The number of carbonyl (C=O) groups excluding carboxylic acids is 1. The zero-order chi connectivity index (χ0) is 18.9. The lowest BCUT2D eigenvalue weighted by atomic mass is 10.2. The van der Waals surface area contributed by atoms with Crippen LogP contribution in [0.2, 0.25) is 0 Å². The number of rotatable bonds is 5. The highest BCUT2D eigenvalue weighted by Gasteiger charge is 2.48. The highest BCUT2D eigenvalue weighted by Crippen LogP contribution is 2.38. The number of aliphatic imine (C=N–C) groups is 1. The lowest BCUT2D eigenvalue weighted by Crippen LogP contribution is -2.37. The maximum absolute atomic E-state index is 12.6. The van der Waals surface area contributed by atoms with Gasteiger partial charge in [0.05, 0.1) is 31.8 Å². The molecule has 1 aromatic carbocycles. The van der Waals surface area contributed by atoms with Gasteiger partial charge in [0.2, 0.25) is 0 Å². The van der Waals surface area contributed by atoms with Gasteiger partial charge in [-0.3, -0.25) is 4.79 Å². The molecule has 2 aliphatic heterocycles. The largest absolute Gasteiger partial charge is 0.493 e. The first kappa shape index (κ1) is 18.8. The van der Waals surface area contributed by atoms with E-state index >= 15 is 0 Å². The molecule has 2 saturated heterocycles. The first-order chi connectivity index (χ1) is 12.4. The molecule has 0 aromatic heterocycles. The van der Waals surface area contributed by atoms with Crippen LogP contribution in [0.1, 0.15) is 10.4 Å². The van der Waals surface area contributed by atoms with Crippen molar-refractivity contribution < 1.29 is 22.7 Å². The average molecular weight is 396 g/mol. The number of nitrogens with zero attached hydrogens (tertiary/aromatic N) is 2. The third-order valence-electron chi connectivity index (χ3n) is 4.33. The van der Waals surface area contributed by atoms with Gasteiger partial charge in [-0.25, -0.2) is 8.42 Å². The van der Waals surface area contributed by atoms with Crippen LogP contribution in [0.4, 0.5) is 0 Å². The maximum atomic E-state index is 12.6. The van der Waals surface area contributed by atoms with Crippen molar-refractivity contribution in [2.45, 2.75) is 11.3 Å². The number of sulfone groups is 1. The summed E-state index contributed by atoms with van der Waals surface area (Å²) in [5.41, 5.74) is 0.374. The Labute approximate surface area is 157 Å². The van der Waals surface area contributed by atoms with E-state index in [0.717, 1.165) is 0 Å². The molecular weight excluding hydrogens is 376 g/mol. The van der Waals surface area contributed by atoms with Crippen molar-refractivity contribution >= 4 is 32.7 Å². The number of amides is 1. The van der Waals surface area contributed by atoms with Gasteiger partial charge in [-0.2, -0.15) is 4.99 Å². The predicted molar refractivity (Wildman–Crippen MR) is 102 cm³/mol. The zero-order valence-electron chi connectivity index (χ0n) is 14.5. The van der Waals surface area contributed by atoms with E-state index < -0.39 is 15.7 Å². The molecule has 9 heteroatoms. The summed E-state index contributed by atoms with van der Waals surface area (Å²) in [4.78, 5) is 18.7. The van der Waals surface area contributed by atoms with Crippen molar-refractivity contribution in [3.8, 4) is 11.5 Å². The third-order valence-corrected chi connectivity index (χ3v) is 7.58. The summed E-state index contributed by atoms with van der Waals surface area (Å²) in [7, 11) is -0.0238. The molecule has 2 aliphatic rings. The topological polar surface area (TPSA) is 85.3 Å². The van der Waals surface area contributed by atoms with E-state index in [0.29, 0.717) is 28.8 Å². The molecule has 2 heterocycles. The van der Waals surface area contributed by atoms with E-state index in [1.54, 1.807) is 24.3 Å². The second kappa shape index (κ2) is 7.32. The molecule has 3 rings (SSSR count). The standard InChI is InChI=1S/C17H20N2O5S2/c1-4-7-19-12-9-26(21,22)10-15(12)25-17(19)18-16(20)11-5-6-13(23-2)14(8-11)24-3/h4-6,8,12,15H,1,7,9-10H2,2-3H3/t12-,15+/m0/s1. The van der Waals surface area contributed by atoms with Crippen molar-refractivity contribution in [1.29, 1.82) is 0 Å². The Balaban J connectivity index is 1.87. The minimum absolute atomic E-state index is 0.0854. The molecule has 0 aliphatic carbocycles. The van der Waals surface area contributed by atoms with Crippen molar-refractivity contribution in [2.75, 3.05) is 32.3 Å². The third kappa shape index (κ3) is 3.59. The van der Waals surface area contributed by atoms with Crippen molar-refractivity contribution in [3.63, 3.8) is 0 Å². The normalized spacial score (nSPS) is 25.2. The lowest BCUT2D eigenvalue weighted by Gasteiger charge is -2.22. The molecule has 0 bridgehead atoms. The number of fused-ring (bicyclic) bond motifs is 1. The van der Waals surface area contributed by atoms with E-state index in [-0.39, 0.29) is 22.8 Å². The summed E-state index contributed by atoms with van der Waals surface area (Å²) in [6.07, 6.45) is 1.68. The summed E-state index contributed by atoms with van der Waals surface area (Å²) in [5.74, 6) is 0.760. The van der Waals surface area contributed by atoms with Gasteiger partial charge in [0, 0.05) is 17.4 Å². The molecule has 0 radical (unpaired) electrons. The van der Waals surface area contributed by atoms with Crippen LogP contribution in [0, 0.1) is 0 Å². The number of ether oxygens (including phenoxy) is 2. The SMILES string of the molecule is C=CCN1C(=NC(=O)c2ccc(OC)c(OC)c2)S[C@@H]2CS(=O)(=O)C[C@@H]21. The smallest absolute Gasteiger partial charge is 0.279 e. The van der Waals surface area contributed by atoms with Crippen LogP contribution in [-0.2, 0) is 9.84 Å². The number of carbonyl (C=O) groups is 1. The number of hydrogen-bond acceptors (Lipinski definition) is 6. The van der Waals surface area contributed by atoms with Crippen molar-refractivity contribution in [1.82, 2.24) is 4.90 Å². The molecule has 2 fully saturated rings. The van der Waals surface area contributed by atoms with Crippen molar-refractivity contribution in [2.24, 2.45) is 4.99 Å². The van der Waals surface area contributed by atoms with Crippen LogP contribution < -0.4 is 9.47 Å². The van der Waals surface area contributed by atoms with Gasteiger partial charge in [0.15, 0.2) is 26.5 Å². The number of thioether (sulfide) groups is 1. The molecular formula is C17H20N2O5S2. The Morgan fingerprint density at radius 1 is 1.35 bits per heavy atom. The monoisotopic (exact) mass is 396 g/mol. The fraction of sp³-hybridized carbons (Fsp3) is 0.412. The number of benzene rings is 1. The molecule has 7 nitrogen and oxygen atoms in total. The Morgan fingerprint density at radius 2 is 2.08 bits per heavy atom. The maximum Gasteiger partial charge on any atom is 0.279 e. The van der Waals surface area contributed by atoms with E-state index in [1.807, 2.05) is 4.90 Å². The fourth-order valence-electron chi connectivity index (χ4n) is 3.11. The van der Waals surface area contributed by atoms with Gasteiger partial charge in [0.1, 0.15) is 0 Å². The van der Waals surface area contributed by atoms with Crippen molar-refractivity contribution in [3.05, 3.63) is 36.4 Å². The van der Waals surface area contributed by atoms with E-state index in [1.165, 1.54) is 26.0 Å². The summed E-state index contributed by atoms with van der Waals surface area (Å²) in [5, 5.41) is 0.437. The predicted octanol–water partition coefficient (Wildman–Crippen LogP) is 1.60. The van der Waals surface area contributed by atoms with Crippen LogP contribution in [-0.4, -0.2) is 68.0 Å². The highest BCUT2D eigenvalue weighted by atomic mass is 32.2. The molecule has 1 amide bonds. The van der Waals surface area contributed by atoms with Crippen LogP contribution in [0.3, 0.4) is 0 Å². The van der Waals surface area contributed by atoms with Gasteiger partial charge in [-0.15, -0.1) is 6.58 Å². The molecule has 2 atom stereocenters. The van der Waals surface area contributed by atoms with Gasteiger partial charge in [0.25, 0.3) is 5.91 Å². The van der Waals surface area contributed by atoms with Crippen LogP contribution in [0.15, 0.2) is 35.8 Å². The van der Waals surface area contributed by atoms with Gasteiger partial charge in [-0.05, 0) is 18.2 Å². The van der Waals surface area contributed by atoms with Crippen LogP contribution in [0.5, 0.6) is 11.5 Å². The van der Waals surface area contributed by atoms with Crippen LogP contribution >= 0.6 is 11.8 Å². The highest BCUT2D eigenvalue weighted by molar-refractivity contribution is 8.15. The molecule has 0 N–H and O–H groups in total. The summed E-state index contributed by atoms with van der Waals surface area (Å²) in [6.45, 7) is 4.16. The number of methoxy groups -OCH3 is 2. The number of hydrogen-bond donors (Lipinski definition) is 0. The lowest BCUT2D eigenvalue weighted by molar-refractivity contribution is 0.100. The average Bonchev–Trinajstić information content (AvgIpc) is 3.06. The Bertz CT molecular complexity index is 866. The summed E-state index contributed by atoms with van der Waals surface area (Å²) >= 11 is 1.34. The van der Waals surface area contributed by atoms with Gasteiger partial charge < -0.3 is 14.4 Å². The fourth-order valence-corrected chi connectivity index (χ4v) is 7.07. The molecule has 0 saturated carbocycles. The van der Waals surface area contributed by atoms with E-state index in [4.69, 9.17) is 9.47 Å². The summed E-state index contributed by atoms with van der Waals surface area (Å²) < 4.78 is 34.1. The quantitative estimate of drug-likeness (QED) is 0.699. The molecule has 140 valence electrons. The summed E-state index contributed by atoms with van der Waals surface area (Å²) in [6, 6.07) is 4.68. The molecule has 1 aromatic rings. The second-order valence-electron chi connectivity index (χ2n) is 6.01. The zero-order valence-corrected chi connectivity index (χ0v) is 16.2. The Kier molecular flexibility index (Phi) is 5.29. The van der Waals surface area contributed by atoms with E-state index in [2.05, 4.69) is 11.6 Å². The Hall–Kier alpha value is -2.00. The minimum atomic E-state index is -3.04. The minimum Gasteiger partial charge on any atom is -0.493 e. The van der Waals surface area contributed by atoms with Crippen LogP contribution in [0.25, 0.3) is 0 Å². The molecule has 0 spiro atoms. The van der Waals surface area contributed by atoms with E-state index in [9.17, 15) is 13.2 Å². The molecule has 0 unspecified atom stereocenters. The number of amidine groups is 1. The first-order valence-corrected chi connectivity index (χ1v) is 10.7. The van der Waals surface area contributed by atoms with Gasteiger partial charge in [-0.1, -0.05) is 17.8 Å². The second-order valence-corrected chi connectivity index (χ2v) is 9.37. The van der Waals surface area contributed by atoms with Gasteiger partial charge >= 0.3 is 0 Å².